The first-order chi connectivity index (χ1) is 10.9. The van der Waals surface area contributed by atoms with E-state index in [0.29, 0.717) is 19.4 Å². The van der Waals surface area contributed by atoms with Crippen LogP contribution in [-0.2, 0) is 16.1 Å². The monoisotopic (exact) mass is 321 g/mol. The second-order valence-electron chi connectivity index (χ2n) is 6.91. The van der Waals surface area contributed by atoms with E-state index in [4.69, 9.17) is 4.42 Å². The fraction of sp³-hybridized carbons (Fsp3) is 0.688. The van der Waals surface area contributed by atoms with Gasteiger partial charge in [0.15, 0.2) is 5.89 Å². The number of aromatic nitrogens is 1. The quantitative estimate of drug-likeness (QED) is 0.869. The van der Waals surface area contributed by atoms with Crippen LogP contribution in [0.5, 0.6) is 0 Å². The average Bonchev–Trinajstić information content (AvgIpc) is 3.07. The van der Waals surface area contributed by atoms with Crippen LogP contribution >= 0.6 is 0 Å². The second-order valence-corrected chi connectivity index (χ2v) is 6.91. The van der Waals surface area contributed by atoms with Gasteiger partial charge in [0.2, 0.25) is 5.91 Å². The number of carboxylic acid groups (broad SMARTS) is 1. The van der Waals surface area contributed by atoms with Crippen molar-refractivity contribution in [2.75, 3.05) is 13.1 Å². The first kappa shape index (κ1) is 16.0. The maximum absolute atomic E-state index is 11.7. The van der Waals surface area contributed by atoms with Gasteiger partial charge in [-0.2, -0.15) is 0 Å². The molecule has 2 aliphatic rings. The van der Waals surface area contributed by atoms with Crippen molar-refractivity contribution >= 4 is 11.9 Å². The number of carbonyl (C=O) groups is 2. The SMILES string of the molecule is CC(C)c1nc(CN2CCC3(CC2)NC(=O)CC3C(=O)O)co1. The number of aliphatic carboxylic acids is 1. The summed E-state index contributed by atoms with van der Waals surface area (Å²) in [4.78, 5) is 29.8. The smallest absolute Gasteiger partial charge is 0.309 e. The second kappa shape index (κ2) is 5.96. The number of amides is 1. The Morgan fingerprint density at radius 1 is 1.52 bits per heavy atom. The van der Waals surface area contributed by atoms with E-state index < -0.39 is 17.4 Å². The molecule has 1 amide bonds. The summed E-state index contributed by atoms with van der Waals surface area (Å²) < 4.78 is 5.45. The third-order valence-electron chi connectivity index (χ3n) is 4.94. The molecule has 3 rings (SSSR count). The Morgan fingerprint density at radius 2 is 2.22 bits per heavy atom. The molecule has 7 heteroatoms. The Labute approximate surface area is 135 Å². The minimum absolute atomic E-state index is 0.0936. The number of hydrogen-bond donors (Lipinski definition) is 2. The number of likely N-dealkylation sites (tertiary alicyclic amines) is 1. The summed E-state index contributed by atoms with van der Waals surface area (Å²) in [5.41, 5.74) is 0.321. The Hall–Kier alpha value is -1.89. The number of oxazole rings is 1. The van der Waals surface area contributed by atoms with Gasteiger partial charge in [0.25, 0.3) is 0 Å². The molecule has 2 aliphatic heterocycles. The highest BCUT2D eigenvalue weighted by Gasteiger charge is 2.51. The largest absolute Gasteiger partial charge is 0.481 e. The Morgan fingerprint density at radius 3 is 2.78 bits per heavy atom. The molecule has 1 spiro atoms. The van der Waals surface area contributed by atoms with Crippen molar-refractivity contribution in [3.63, 3.8) is 0 Å². The molecule has 2 fully saturated rings. The van der Waals surface area contributed by atoms with E-state index in [2.05, 4.69) is 15.2 Å². The molecule has 126 valence electrons. The van der Waals surface area contributed by atoms with E-state index in [0.717, 1.165) is 24.7 Å². The number of piperidine rings is 1. The van der Waals surface area contributed by atoms with Gasteiger partial charge in [0, 0.05) is 32.0 Å². The van der Waals surface area contributed by atoms with Crippen LogP contribution in [0.1, 0.15) is 50.6 Å². The summed E-state index contributed by atoms with van der Waals surface area (Å²) in [6, 6.07) is 0. The van der Waals surface area contributed by atoms with Gasteiger partial charge in [-0.25, -0.2) is 4.98 Å². The Kier molecular flexibility index (Phi) is 4.14. The van der Waals surface area contributed by atoms with Gasteiger partial charge in [-0.3, -0.25) is 14.5 Å². The maximum atomic E-state index is 11.7. The van der Waals surface area contributed by atoms with Crippen molar-refractivity contribution in [1.82, 2.24) is 15.2 Å². The van der Waals surface area contributed by atoms with Gasteiger partial charge in [-0.15, -0.1) is 0 Å². The molecule has 0 saturated carbocycles. The lowest BCUT2D eigenvalue weighted by atomic mass is 9.78. The zero-order valence-electron chi connectivity index (χ0n) is 13.5. The lowest BCUT2D eigenvalue weighted by molar-refractivity contribution is -0.144. The fourth-order valence-electron chi connectivity index (χ4n) is 3.59. The number of nitrogens with one attached hydrogen (secondary N) is 1. The highest BCUT2D eigenvalue weighted by atomic mass is 16.4. The Bertz CT molecular complexity index is 602. The van der Waals surface area contributed by atoms with Crippen LogP contribution in [0.2, 0.25) is 0 Å². The third kappa shape index (κ3) is 3.10. The van der Waals surface area contributed by atoms with Gasteiger partial charge < -0.3 is 14.8 Å². The highest BCUT2D eigenvalue weighted by Crippen LogP contribution is 2.37. The van der Waals surface area contributed by atoms with Crippen LogP contribution in [0.3, 0.4) is 0 Å². The number of rotatable bonds is 4. The lowest BCUT2D eigenvalue weighted by Gasteiger charge is -2.41. The molecule has 2 N–H and O–H groups in total. The molecule has 1 aromatic rings. The van der Waals surface area contributed by atoms with E-state index in [9.17, 15) is 14.7 Å². The topological polar surface area (TPSA) is 95.7 Å². The third-order valence-corrected chi connectivity index (χ3v) is 4.94. The van der Waals surface area contributed by atoms with Crippen LogP contribution in [0.25, 0.3) is 0 Å². The zero-order chi connectivity index (χ0) is 16.6. The van der Waals surface area contributed by atoms with Crippen LogP contribution in [0, 0.1) is 5.92 Å². The summed E-state index contributed by atoms with van der Waals surface area (Å²) in [5, 5.41) is 12.3. The van der Waals surface area contributed by atoms with Crippen molar-refractivity contribution < 1.29 is 19.1 Å². The normalized spacial score (nSPS) is 24.3. The molecule has 7 nitrogen and oxygen atoms in total. The number of carbonyl (C=O) groups excluding carboxylic acids is 1. The summed E-state index contributed by atoms with van der Waals surface area (Å²) in [6.45, 7) is 6.25. The first-order valence-corrected chi connectivity index (χ1v) is 8.10. The van der Waals surface area contributed by atoms with Gasteiger partial charge in [-0.05, 0) is 12.8 Å². The van der Waals surface area contributed by atoms with Gasteiger partial charge >= 0.3 is 5.97 Å². The predicted octanol–water partition coefficient (Wildman–Crippen LogP) is 1.35. The van der Waals surface area contributed by atoms with E-state index in [-0.39, 0.29) is 18.2 Å². The molecule has 0 aliphatic carbocycles. The minimum Gasteiger partial charge on any atom is -0.481 e. The molecule has 1 atom stereocenters. The highest BCUT2D eigenvalue weighted by molar-refractivity contribution is 5.88. The Balaban J connectivity index is 1.61. The average molecular weight is 321 g/mol. The molecule has 0 bridgehead atoms. The summed E-state index contributed by atoms with van der Waals surface area (Å²) in [7, 11) is 0. The van der Waals surface area contributed by atoms with Crippen molar-refractivity contribution in [3.05, 3.63) is 17.8 Å². The number of nitrogens with zero attached hydrogens (tertiary/aromatic N) is 2. The van der Waals surface area contributed by atoms with Crippen LogP contribution in [0.4, 0.5) is 0 Å². The van der Waals surface area contributed by atoms with Gasteiger partial charge in [0.1, 0.15) is 6.26 Å². The van der Waals surface area contributed by atoms with Crippen LogP contribution in [0.15, 0.2) is 10.7 Å². The van der Waals surface area contributed by atoms with Crippen LogP contribution < -0.4 is 5.32 Å². The molecule has 0 radical (unpaired) electrons. The summed E-state index contributed by atoms with van der Waals surface area (Å²) in [6.07, 6.45) is 3.10. The zero-order valence-corrected chi connectivity index (χ0v) is 13.5. The molecular formula is C16H23N3O4. The molecular weight excluding hydrogens is 298 g/mol. The number of carboxylic acids is 1. The van der Waals surface area contributed by atoms with Gasteiger partial charge in [-0.1, -0.05) is 13.8 Å². The molecule has 0 aromatic carbocycles. The van der Waals surface area contributed by atoms with E-state index in [1.807, 2.05) is 13.8 Å². The molecule has 3 heterocycles. The van der Waals surface area contributed by atoms with Crippen molar-refractivity contribution in [2.24, 2.45) is 5.92 Å². The molecule has 2 saturated heterocycles. The van der Waals surface area contributed by atoms with Crippen molar-refractivity contribution in [2.45, 2.75) is 51.1 Å². The van der Waals surface area contributed by atoms with E-state index in [1.165, 1.54) is 0 Å². The minimum atomic E-state index is -0.880. The van der Waals surface area contributed by atoms with Crippen molar-refractivity contribution in [1.29, 1.82) is 0 Å². The fourth-order valence-corrected chi connectivity index (χ4v) is 3.59. The molecule has 1 aromatic heterocycles. The molecule has 23 heavy (non-hydrogen) atoms. The van der Waals surface area contributed by atoms with Gasteiger partial charge in [0.05, 0.1) is 17.2 Å². The van der Waals surface area contributed by atoms with E-state index >= 15 is 0 Å². The summed E-state index contributed by atoms with van der Waals surface area (Å²) in [5.74, 6) is -0.642. The summed E-state index contributed by atoms with van der Waals surface area (Å²) >= 11 is 0. The van der Waals surface area contributed by atoms with Crippen LogP contribution in [-0.4, -0.2) is 45.5 Å². The number of hydrogen-bond acceptors (Lipinski definition) is 5. The lowest BCUT2D eigenvalue weighted by Crippen LogP contribution is -2.55. The first-order valence-electron chi connectivity index (χ1n) is 8.10. The maximum Gasteiger partial charge on any atom is 0.309 e. The van der Waals surface area contributed by atoms with E-state index in [1.54, 1.807) is 6.26 Å². The standard InChI is InChI=1S/C16H23N3O4/c1-10(2)14-17-11(9-23-14)8-19-5-3-16(4-6-19)12(15(21)22)7-13(20)18-16/h9-10,12H,3-8H2,1-2H3,(H,18,20)(H,21,22). The predicted molar refractivity (Wildman–Crippen MR) is 81.7 cm³/mol. The van der Waals surface area contributed by atoms with Crippen molar-refractivity contribution in [3.8, 4) is 0 Å². The molecule has 1 unspecified atom stereocenters.